The number of aromatic nitrogens is 1. The molecule has 0 N–H and O–H groups in total. The van der Waals surface area contributed by atoms with Crippen LogP contribution in [-0.4, -0.2) is 25.2 Å². The van der Waals surface area contributed by atoms with Crippen LogP contribution >= 0.6 is 0 Å². The van der Waals surface area contributed by atoms with Gasteiger partial charge in [-0.2, -0.15) is 21.6 Å². The maximum absolute atomic E-state index is 13.0. The molecule has 24 heavy (non-hydrogen) atoms. The number of hydrogen-bond acceptors (Lipinski definition) is 5. The summed E-state index contributed by atoms with van der Waals surface area (Å²) in [5, 5.41) is 0. The largest absolute Gasteiger partial charge is 0.534 e. The van der Waals surface area contributed by atoms with Crippen molar-refractivity contribution in [2.24, 2.45) is 0 Å². The minimum atomic E-state index is -6.03. The number of aldehydes is 1. The van der Waals surface area contributed by atoms with E-state index < -0.39 is 38.6 Å². The van der Waals surface area contributed by atoms with Gasteiger partial charge in [-0.1, -0.05) is 6.07 Å². The summed E-state index contributed by atoms with van der Waals surface area (Å²) in [6.07, 6.45) is 3.28. The number of hydrogen-bond donors (Lipinski definition) is 0. The summed E-state index contributed by atoms with van der Waals surface area (Å²) < 4.78 is 86.2. The number of carbonyl (C=O) groups is 1. The molecule has 130 valence electrons. The lowest BCUT2D eigenvalue weighted by atomic mass is 10.2. The molecule has 1 aromatic carbocycles. The predicted molar refractivity (Wildman–Crippen MR) is 71.6 cm³/mol. The molecule has 1 aromatic heterocycles. The first-order chi connectivity index (χ1) is 11.1. The summed E-state index contributed by atoms with van der Waals surface area (Å²) in [5.41, 5.74) is -6.78. The predicted octanol–water partition coefficient (Wildman–Crippen LogP) is 3.09. The fraction of sp³-hybridized carbons (Fsp3) is 0.0769. The van der Waals surface area contributed by atoms with E-state index in [9.17, 15) is 35.2 Å². The van der Waals surface area contributed by atoms with Crippen molar-refractivity contribution < 1.29 is 39.3 Å². The van der Waals surface area contributed by atoms with Crippen LogP contribution in [0, 0.1) is 11.6 Å². The molecule has 0 bridgehead atoms. The minimum Gasteiger partial charge on any atom is -0.376 e. The van der Waals surface area contributed by atoms with Gasteiger partial charge in [-0.05, 0) is 12.1 Å². The van der Waals surface area contributed by atoms with Gasteiger partial charge in [0.15, 0.2) is 6.29 Å². The summed E-state index contributed by atoms with van der Waals surface area (Å²) in [7, 11) is -6.03. The molecular weight excluding hydrogens is 361 g/mol. The number of nitrogens with zero attached hydrogens (tertiary/aromatic N) is 1. The van der Waals surface area contributed by atoms with Gasteiger partial charge in [0.2, 0.25) is 0 Å². The molecule has 0 saturated carbocycles. The van der Waals surface area contributed by atoms with E-state index in [0.717, 1.165) is 0 Å². The summed E-state index contributed by atoms with van der Waals surface area (Å²) in [6, 6.07) is 6.01. The van der Waals surface area contributed by atoms with Crippen LogP contribution < -0.4 is 4.18 Å². The molecule has 0 unspecified atom stereocenters. The normalized spacial score (nSPS) is 11.2. The second-order valence-corrected chi connectivity index (χ2v) is 5.46. The van der Waals surface area contributed by atoms with Gasteiger partial charge in [0.1, 0.15) is 17.4 Å². The molecule has 0 radical (unpaired) electrons. The summed E-state index contributed by atoms with van der Waals surface area (Å²) in [4.78, 5) is 14.0. The first-order valence-corrected chi connectivity index (χ1v) is 7.29. The highest BCUT2D eigenvalue weighted by molar-refractivity contribution is 7.88. The highest BCUT2D eigenvalue weighted by atomic mass is 32.2. The van der Waals surface area contributed by atoms with Crippen LogP contribution in [0.15, 0.2) is 42.7 Å². The highest BCUT2D eigenvalue weighted by Crippen LogP contribution is 2.28. The van der Waals surface area contributed by atoms with Gasteiger partial charge in [-0.15, -0.1) is 0 Å². The van der Waals surface area contributed by atoms with E-state index in [4.69, 9.17) is 0 Å². The number of pyridine rings is 1. The quantitative estimate of drug-likeness (QED) is 0.360. The molecule has 0 aliphatic heterocycles. The average Bonchev–Trinajstić information content (AvgIpc) is 2.47. The number of alkyl halides is 3. The molecule has 5 nitrogen and oxygen atoms in total. The van der Waals surface area contributed by atoms with Gasteiger partial charge in [0, 0.05) is 24.5 Å². The van der Waals surface area contributed by atoms with Gasteiger partial charge < -0.3 is 4.18 Å². The van der Waals surface area contributed by atoms with Gasteiger partial charge in [0.25, 0.3) is 0 Å². The smallest absolute Gasteiger partial charge is 0.376 e. The minimum absolute atomic E-state index is 0.149. The van der Waals surface area contributed by atoms with Crippen LogP contribution in [0.25, 0.3) is 0 Å². The maximum Gasteiger partial charge on any atom is 0.534 e. The second kappa shape index (κ2) is 7.81. The monoisotopic (exact) mass is 369 g/mol. The average molecular weight is 369 g/mol. The van der Waals surface area contributed by atoms with E-state index in [-0.39, 0.29) is 18.4 Å². The van der Waals surface area contributed by atoms with E-state index in [1.807, 2.05) is 18.2 Å². The molecule has 0 atom stereocenters. The van der Waals surface area contributed by atoms with Gasteiger partial charge in [0.05, 0.1) is 5.56 Å². The van der Waals surface area contributed by atoms with Crippen molar-refractivity contribution in [2.45, 2.75) is 5.51 Å². The molecule has 2 aromatic rings. The van der Waals surface area contributed by atoms with Crippen molar-refractivity contribution in [2.75, 3.05) is 0 Å². The molecular formula is C13H8F5NO4S. The van der Waals surface area contributed by atoms with Crippen molar-refractivity contribution in [3.05, 3.63) is 59.9 Å². The second-order valence-electron chi connectivity index (χ2n) is 3.93. The van der Waals surface area contributed by atoms with E-state index >= 15 is 0 Å². The van der Waals surface area contributed by atoms with E-state index in [1.165, 1.54) is 0 Å². The van der Waals surface area contributed by atoms with Crippen LogP contribution in [0.1, 0.15) is 10.4 Å². The Morgan fingerprint density at radius 3 is 1.79 bits per heavy atom. The van der Waals surface area contributed by atoms with Crippen molar-refractivity contribution >= 4 is 16.4 Å². The Labute approximate surface area is 132 Å². The summed E-state index contributed by atoms with van der Waals surface area (Å²) >= 11 is 0. The van der Waals surface area contributed by atoms with Crippen LogP contribution in [0.3, 0.4) is 0 Å². The highest BCUT2D eigenvalue weighted by Gasteiger charge is 2.48. The lowest BCUT2D eigenvalue weighted by molar-refractivity contribution is -0.0500. The van der Waals surface area contributed by atoms with Crippen molar-refractivity contribution in [3.8, 4) is 5.75 Å². The molecule has 0 fully saturated rings. The Morgan fingerprint density at radius 1 is 1.00 bits per heavy atom. The fourth-order valence-corrected chi connectivity index (χ4v) is 1.65. The molecule has 11 heteroatoms. The Kier molecular flexibility index (Phi) is 6.35. The molecule has 2 rings (SSSR count). The van der Waals surface area contributed by atoms with Crippen LogP contribution in [0.4, 0.5) is 22.0 Å². The van der Waals surface area contributed by atoms with Crippen molar-refractivity contribution in [3.63, 3.8) is 0 Å². The third-order valence-electron chi connectivity index (χ3n) is 2.23. The Balaban J connectivity index is 0.000000400. The lowest BCUT2D eigenvalue weighted by Crippen LogP contribution is -2.28. The van der Waals surface area contributed by atoms with Gasteiger partial charge in [-0.3, -0.25) is 9.78 Å². The maximum atomic E-state index is 13.0. The van der Waals surface area contributed by atoms with Crippen molar-refractivity contribution in [1.29, 1.82) is 0 Å². The van der Waals surface area contributed by atoms with Crippen LogP contribution in [-0.2, 0) is 10.1 Å². The molecule has 0 amide bonds. The fourth-order valence-electron chi connectivity index (χ4n) is 1.21. The van der Waals surface area contributed by atoms with Crippen molar-refractivity contribution in [1.82, 2.24) is 4.98 Å². The molecule has 1 heterocycles. The standard InChI is InChI=1S/C8H3F5O4S.C5H5N/c9-6-1-4(2-7(10)5(6)3-14)17-18(15,16)8(11,12)13;1-2-4-6-5-3-1/h1-3H;1-5H. The third-order valence-corrected chi connectivity index (χ3v) is 3.21. The first kappa shape index (κ1) is 19.5. The molecule has 0 spiro atoms. The number of carbonyl (C=O) groups excluding carboxylic acids is 1. The summed E-state index contributed by atoms with van der Waals surface area (Å²) in [6.45, 7) is 0. The first-order valence-electron chi connectivity index (χ1n) is 5.88. The van der Waals surface area contributed by atoms with Crippen LogP contribution in [0.5, 0.6) is 5.75 Å². The van der Waals surface area contributed by atoms with E-state index in [1.54, 1.807) is 12.4 Å². The Hall–Kier alpha value is -2.56. The van der Waals surface area contributed by atoms with Gasteiger partial charge in [-0.25, -0.2) is 8.78 Å². The zero-order valence-electron chi connectivity index (χ0n) is 11.5. The molecule has 0 aliphatic rings. The molecule has 0 aliphatic carbocycles. The lowest BCUT2D eigenvalue weighted by Gasteiger charge is -2.09. The van der Waals surface area contributed by atoms with E-state index in [2.05, 4.69) is 9.17 Å². The third kappa shape index (κ3) is 5.26. The van der Waals surface area contributed by atoms with Gasteiger partial charge >= 0.3 is 15.6 Å². The number of halogens is 5. The Bertz CT molecular complexity index is 744. The zero-order chi connectivity index (χ0) is 18.4. The SMILES string of the molecule is O=Cc1c(F)cc(OS(=O)(=O)C(F)(F)F)cc1F.c1ccncc1. The topological polar surface area (TPSA) is 73.3 Å². The molecule has 0 saturated heterocycles. The number of benzene rings is 1. The number of rotatable bonds is 3. The Morgan fingerprint density at radius 2 is 1.50 bits per heavy atom. The van der Waals surface area contributed by atoms with E-state index in [0.29, 0.717) is 0 Å². The zero-order valence-corrected chi connectivity index (χ0v) is 12.3. The van der Waals surface area contributed by atoms with Crippen LogP contribution in [0.2, 0.25) is 0 Å². The summed E-state index contributed by atoms with van der Waals surface area (Å²) in [5.74, 6) is -4.32.